The van der Waals surface area contributed by atoms with E-state index in [-0.39, 0.29) is 29.8 Å². The van der Waals surface area contributed by atoms with Crippen LogP contribution in [0.4, 0.5) is 5.69 Å². The number of sulfonamides is 1. The molecule has 7 nitrogen and oxygen atoms in total. The third-order valence-electron chi connectivity index (χ3n) is 7.95. The molecule has 0 saturated carbocycles. The average molecular weight is 626 g/mol. The van der Waals surface area contributed by atoms with Crippen LogP contribution in [0, 0.1) is 20.8 Å². The van der Waals surface area contributed by atoms with E-state index in [2.05, 4.69) is 5.32 Å². The number of anilines is 1. The molecule has 0 spiro atoms. The predicted octanol–water partition coefficient (Wildman–Crippen LogP) is 6.36. The van der Waals surface area contributed by atoms with Gasteiger partial charge >= 0.3 is 0 Å². The van der Waals surface area contributed by atoms with Crippen LogP contribution >= 0.6 is 0 Å². The van der Waals surface area contributed by atoms with Crippen LogP contribution in [0.1, 0.15) is 48.1 Å². The number of carbonyl (C=O) groups is 2. The Morgan fingerprint density at radius 1 is 0.778 bits per heavy atom. The molecule has 0 aliphatic rings. The molecule has 0 aliphatic heterocycles. The largest absolute Gasteiger partial charge is 0.352 e. The monoisotopic (exact) mass is 625 g/mol. The molecular formula is C37H43N3O4S. The molecule has 4 rings (SSSR count). The van der Waals surface area contributed by atoms with E-state index in [9.17, 15) is 18.0 Å². The number of nitrogens with zero attached hydrogens (tertiary/aromatic N) is 2. The van der Waals surface area contributed by atoms with Crippen molar-refractivity contribution >= 4 is 27.5 Å². The molecule has 4 aromatic carbocycles. The lowest BCUT2D eigenvalue weighted by Gasteiger charge is -2.34. The summed E-state index contributed by atoms with van der Waals surface area (Å²) in [6, 6.07) is 30.1. The van der Waals surface area contributed by atoms with E-state index >= 15 is 0 Å². The molecule has 0 bridgehead atoms. The third-order valence-corrected chi connectivity index (χ3v) is 9.72. The van der Waals surface area contributed by atoms with Crippen molar-refractivity contribution in [2.24, 2.45) is 0 Å². The van der Waals surface area contributed by atoms with E-state index in [1.165, 1.54) is 21.3 Å². The summed E-state index contributed by atoms with van der Waals surface area (Å²) >= 11 is 0. The second kappa shape index (κ2) is 15.0. The van der Waals surface area contributed by atoms with Crippen molar-refractivity contribution < 1.29 is 18.0 Å². The smallest absolute Gasteiger partial charge is 0.264 e. The summed E-state index contributed by atoms with van der Waals surface area (Å²) in [7, 11) is -4.14. The Labute approximate surface area is 268 Å². The minimum absolute atomic E-state index is 0.0827. The minimum atomic E-state index is -4.14. The zero-order valence-electron chi connectivity index (χ0n) is 26.7. The molecule has 0 aliphatic carbocycles. The molecule has 0 aromatic heterocycles. The van der Waals surface area contributed by atoms with Crippen molar-refractivity contribution in [2.45, 2.75) is 71.0 Å². The number of hydrogen-bond acceptors (Lipinski definition) is 4. The van der Waals surface area contributed by atoms with Gasteiger partial charge in [0.1, 0.15) is 12.6 Å². The van der Waals surface area contributed by atoms with Crippen LogP contribution in [-0.4, -0.2) is 43.8 Å². The Kier molecular flexibility index (Phi) is 11.2. The molecule has 45 heavy (non-hydrogen) atoms. The Balaban J connectivity index is 1.83. The molecule has 0 heterocycles. The van der Waals surface area contributed by atoms with Gasteiger partial charge in [-0.2, -0.15) is 0 Å². The quantitative estimate of drug-likeness (QED) is 0.187. The molecule has 0 radical (unpaired) electrons. The summed E-state index contributed by atoms with van der Waals surface area (Å²) in [5.74, 6) is -0.754. The zero-order chi connectivity index (χ0) is 32.6. The first-order valence-electron chi connectivity index (χ1n) is 15.3. The van der Waals surface area contributed by atoms with Crippen LogP contribution in [0.15, 0.2) is 108 Å². The van der Waals surface area contributed by atoms with Gasteiger partial charge in [-0.05, 0) is 74.6 Å². The average Bonchev–Trinajstić information content (AvgIpc) is 3.03. The van der Waals surface area contributed by atoms with Crippen molar-refractivity contribution in [3.8, 4) is 0 Å². The lowest BCUT2D eigenvalue weighted by atomic mass is 10.0. The molecule has 0 unspecified atom stereocenters. The highest BCUT2D eigenvalue weighted by atomic mass is 32.2. The van der Waals surface area contributed by atoms with Crippen LogP contribution in [0.3, 0.4) is 0 Å². The van der Waals surface area contributed by atoms with Gasteiger partial charge in [-0.25, -0.2) is 8.42 Å². The van der Waals surface area contributed by atoms with E-state index in [0.29, 0.717) is 11.3 Å². The Bertz CT molecular complexity index is 1710. The number of amides is 2. The summed E-state index contributed by atoms with van der Waals surface area (Å²) in [6.07, 6.45) is 1.00. The maximum Gasteiger partial charge on any atom is 0.264 e. The van der Waals surface area contributed by atoms with E-state index in [0.717, 1.165) is 28.7 Å². The fourth-order valence-corrected chi connectivity index (χ4v) is 6.71. The topological polar surface area (TPSA) is 86.8 Å². The second-order valence-electron chi connectivity index (χ2n) is 11.6. The van der Waals surface area contributed by atoms with Gasteiger partial charge in [0.25, 0.3) is 10.0 Å². The first kappa shape index (κ1) is 33.5. The summed E-state index contributed by atoms with van der Waals surface area (Å²) in [5.41, 5.74) is 4.77. The van der Waals surface area contributed by atoms with Crippen LogP contribution in [0.25, 0.3) is 0 Å². The first-order valence-corrected chi connectivity index (χ1v) is 16.8. The molecule has 4 aromatic rings. The number of hydrogen-bond donors (Lipinski definition) is 1. The minimum Gasteiger partial charge on any atom is -0.352 e. The maximum atomic E-state index is 14.6. The van der Waals surface area contributed by atoms with Gasteiger partial charge in [-0.15, -0.1) is 0 Å². The van der Waals surface area contributed by atoms with Crippen molar-refractivity contribution in [2.75, 3.05) is 10.8 Å². The van der Waals surface area contributed by atoms with E-state index in [1.54, 1.807) is 24.3 Å². The molecule has 0 fully saturated rings. The van der Waals surface area contributed by atoms with Crippen molar-refractivity contribution in [1.82, 2.24) is 10.2 Å². The Morgan fingerprint density at radius 3 is 2.04 bits per heavy atom. The number of rotatable bonds is 13. The Hall–Kier alpha value is -4.43. The van der Waals surface area contributed by atoms with Crippen LogP contribution in [0.2, 0.25) is 0 Å². The van der Waals surface area contributed by atoms with E-state index < -0.39 is 28.5 Å². The van der Waals surface area contributed by atoms with Crippen LogP contribution in [-0.2, 0) is 32.6 Å². The van der Waals surface area contributed by atoms with Gasteiger partial charge in [0.15, 0.2) is 0 Å². The third kappa shape index (κ3) is 8.60. The lowest BCUT2D eigenvalue weighted by Crippen LogP contribution is -2.54. The van der Waals surface area contributed by atoms with Crippen LogP contribution in [0.5, 0.6) is 0 Å². The van der Waals surface area contributed by atoms with Crippen molar-refractivity contribution in [1.29, 1.82) is 0 Å². The SMILES string of the molecule is CC[C@@H](C)NC(=O)[C@H](Cc1ccccc1)N(Cc1cccc(C)c1)C(=O)CN(c1cc(C)ccc1C)S(=O)(=O)c1ccccc1. The summed E-state index contributed by atoms with van der Waals surface area (Å²) in [6.45, 7) is 9.27. The number of aryl methyl sites for hydroxylation is 3. The van der Waals surface area contributed by atoms with Gasteiger partial charge in [0, 0.05) is 19.0 Å². The Morgan fingerprint density at radius 2 is 1.40 bits per heavy atom. The molecule has 1 N–H and O–H groups in total. The molecule has 0 saturated heterocycles. The highest BCUT2D eigenvalue weighted by Gasteiger charge is 2.35. The van der Waals surface area contributed by atoms with Crippen molar-refractivity contribution in [3.63, 3.8) is 0 Å². The fourth-order valence-electron chi connectivity index (χ4n) is 5.22. The zero-order valence-corrected chi connectivity index (χ0v) is 27.6. The molecule has 2 amide bonds. The number of carbonyl (C=O) groups excluding carboxylic acids is 2. The van der Waals surface area contributed by atoms with Crippen molar-refractivity contribution in [3.05, 3.63) is 131 Å². The maximum absolute atomic E-state index is 14.6. The van der Waals surface area contributed by atoms with Gasteiger partial charge in [0.05, 0.1) is 10.6 Å². The van der Waals surface area contributed by atoms with Gasteiger partial charge in [0.2, 0.25) is 11.8 Å². The highest BCUT2D eigenvalue weighted by Crippen LogP contribution is 2.29. The van der Waals surface area contributed by atoms with E-state index in [1.807, 2.05) is 101 Å². The lowest BCUT2D eigenvalue weighted by molar-refractivity contribution is -0.140. The standard InChI is InChI=1S/C37H43N3O4S/c1-6-30(5)38-37(42)35(24-31-15-9-7-10-16-31)39(25-32-17-13-14-27(2)22-32)36(41)26-40(34-23-28(3)20-21-29(34)4)45(43,44)33-18-11-8-12-19-33/h7-23,30,35H,6,24-26H2,1-5H3,(H,38,42)/t30-,35+/m1/s1. The summed E-state index contributed by atoms with van der Waals surface area (Å²) < 4.78 is 29.6. The second-order valence-corrected chi connectivity index (χ2v) is 13.5. The molecular weight excluding hydrogens is 582 g/mol. The molecule has 236 valence electrons. The normalized spacial score (nSPS) is 12.6. The fraction of sp³-hybridized carbons (Fsp3) is 0.297. The van der Waals surface area contributed by atoms with E-state index in [4.69, 9.17) is 0 Å². The first-order chi connectivity index (χ1) is 21.5. The van der Waals surface area contributed by atoms with Gasteiger partial charge in [-0.3, -0.25) is 13.9 Å². The molecule has 8 heteroatoms. The number of benzene rings is 4. The van der Waals surface area contributed by atoms with Gasteiger partial charge in [-0.1, -0.05) is 97.4 Å². The van der Waals surface area contributed by atoms with Gasteiger partial charge < -0.3 is 10.2 Å². The summed E-state index contributed by atoms with van der Waals surface area (Å²) in [5, 5.41) is 3.08. The highest BCUT2D eigenvalue weighted by molar-refractivity contribution is 7.92. The number of nitrogens with one attached hydrogen (secondary N) is 1. The summed E-state index contributed by atoms with van der Waals surface area (Å²) in [4.78, 5) is 30.2. The predicted molar refractivity (Wildman–Crippen MR) is 180 cm³/mol. The molecule has 2 atom stereocenters. The van der Waals surface area contributed by atoms with Crippen LogP contribution < -0.4 is 9.62 Å².